The Balaban J connectivity index is 1.02. The van der Waals surface area contributed by atoms with Gasteiger partial charge in [-0.2, -0.15) is 0 Å². The van der Waals surface area contributed by atoms with Crippen LogP contribution in [0.25, 0.3) is 154 Å². The van der Waals surface area contributed by atoms with Gasteiger partial charge in [0.2, 0.25) is 0 Å². The van der Waals surface area contributed by atoms with E-state index in [0.717, 1.165) is 71.7 Å². The molecule has 10 aromatic carbocycles. The lowest BCUT2D eigenvalue weighted by molar-refractivity contribution is 0.669. The third-order valence-corrected chi connectivity index (χ3v) is 14.3. The quantitative estimate of drug-likeness (QED) is 0.176. The smallest absolute Gasteiger partial charge is 0.167 e. The zero-order chi connectivity index (χ0) is 44.2. The topological polar surface area (TPSA) is 74.3 Å². The van der Waals surface area contributed by atoms with E-state index < -0.39 is 0 Å². The lowest BCUT2D eigenvalue weighted by Crippen LogP contribution is -2.01. The third kappa shape index (κ3) is 4.73. The molecule has 0 atom stereocenters. The Morgan fingerprint density at radius 2 is 0.941 bits per heavy atom. The normalized spacial score (nSPS) is 12.4. The molecule has 6 aromatic heterocycles. The van der Waals surface area contributed by atoms with Crippen LogP contribution in [0.4, 0.5) is 0 Å². The maximum atomic E-state index is 7.05. The summed E-state index contributed by atoms with van der Waals surface area (Å²) in [4.78, 5) is 15.7. The van der Waals surface area contributed by atoms with Gasteiger partial charge in [-0.1, -0.05) is 152 Å². The van der Waals surface area contributed by atoms with E-state index in [0.29, 0.717) is 23.1 Å². The van der Waals surface area contributed by atoms with Crippen molar-refractivity contribution >= 4 is 115 Å². The Morgan fingerprint density at radius 1 is 0.338 bits per heavy atom. The van der Waals surface area contributed by atoms with E-state index in [1.165, 1.54) is 59.6 Å². The van der Waals surface area contributed by atoms with E-state index in [1.807, 2.05) is 72.8 Å². The van der Waals surface area contributed by atoms with Crippen molar-refractivity contribution in [1.29, 1.82) is 0 Å². The molecule has 68 heavy (non-hydrogen) atoms. The van der Waals surface area contributed by atoms with E-state index in [9.17, 15) is 0 Å². The number of furan rings is 2. The van der Waals surface area contributed by atoms with Crippen LogP contribution in [0.1, 0.15) is 0 Å². The summed E-state index contributed by atoms with van der Waals surface area (Å²) < 4.78 is 18.5. The van der Waals surface area contributed by atoms with Crippen molar-refractivity contribution in [3.05, 3.63) is 200 Å². The Labute approximate surface area is 385 Å². The number of nitrogens with zero attached hydrogens (tertiary/aromatic N) is 5. The van der Waals surface area contributed by atoms with E-state index in [4.69, 9.17) is 23.8 Å². The van der Waals surface area contributed by atoms with Crippen molar-refractivity contribution in [3.63, 3.8) is 0 Å². The molecular weight excluding hydrogens is 835 g/mol. The average Bonchev–Trinajstić information content (AvgIpc) is 4.21. The molecule has 0 bridgehead atoms. The van der Waals surface area contributed by atoms with Crippen molar-refractivity contribution in [2.75, 3.05) is 0 Å². The molecule has 314 valence electrons. The fraction of sp³-hybridized carbons (Fsp3) is 0. The largest absolute Gasteiger partial charge is 0.455 e. The van der Waals surface area contributed by atoms with E-state index >= 15 is 0 Å². The Bertz CT molecular complexity index is 4800. The summed E-state index contributed by atoms with van der Waals surface area (Å²) in [5.74, 6) is 1.58. The van der Waals surface area contributed by atoms with E-state index in [1.54, 1.807) is 0 Å². The van der Waals surface area contributed by atoms with Crippen LogP contribution in [0.2, 0.25) is 0 Å². The van der Waals surface area contributed by atoms with Crippen LogP contribution in [0.3, 0.4) is 0 Å². The Hall–Kier alpha value is -9.33. The molecule has 0 N–H and O–H groups in total. The van der Waals surface area contributed by atoms with E-state index in [-0.39, 0.29) is 0 Å². The Kier molecular flexibility index (Phi) is 6.95. The highest BCUT2D eigenvalue weighted by atomic mass is 16.3. The third-order valence-electron chi connectivity index (χ3n) is 14.3. The number of benzene rings is 10. The average molecular weight is 868 g/mol. The summed E-state index contributed by atoms with van der Waals surface area (Å²) in [5.41, 5.74) is 12.4. The summed E-state index contributed by atoms with van der Waals surface area (Å²) in [6.45, 7) is 0. The van der Waals surface area contributed by atoms with Crippen LogP contribution in [-0.4, -0.2) is 23.9 Å². The van der Waals surface area contributed by atoms with Crippen LogP contribution in [-0.2, 0) is 0 Å². The van der Waals surface area contributed by atoms with Gasteiger partial charge >= 0.3 is 0 Å². The van der Waals surface area contributed by atoms with Crippen LogP contribution in [0.15, 0.2) is 209 Å². The minimum absolute atomic E-state index is 0.504. The maximum Gasteiger partial charge on any atom is 0.167 e. The zero-order valence-electron chi connectivity index (χ0n) is 36.1. The minimum atomic E-state index is 0.504. The lowest BCUT2D eigenvalue weighted by Gasteiger charge is -2.14. The molecule has 0 radical (unpaired) electrons. The van der Waals surface area contributed by atoms with Crippen molar-refractivity contribution < 1.29 is 8.83 Å². The molecule has 0 spiro atoms. The molecule has 0 aliphatic carbocycles. The summed E-state index contributed by atoms with van der Waals surface area (Å²) in [7, 11) is 0. The van der Waals surface area contributed by atoms with Gasteiger partial charge in [0.25, 0.3) is 0 Å². The first-order chi connectivity index (χ1) is 33.7. The molecule has 0 amide bonds. The predicted octanol–water partition coefficient (Wildman–Crippen LogP) is 16.1. The molecule has 6 heterocycles. The number of hydrogen-bond acceptors (Lipinski definition) is 5. The highest BCUT2D eigenvalue weighted by Crippen LogP contribution is 2.47. The number of rotatable bonds is 4. The molecule has 0 aliphatic heterocycles. The monoisotopic (exact) mass is 867 g/mol. The van der Waals surface area contributed by atoms with Crippen LogP contribution < -0.4 is 0 Å². The molecule has 7 nitrogen and oxygen atoms in total. The van der Waals surface area contributed by atoms with Gasteiger partial charge in [-0.25, -0.2) is 15.0 Å². The molecule has 0 saturated carbocycles. The molecule has 0 aliphatic rings. The van der Waals surface area contributed by atoms with Gasteiger partial charge in [0.05, 0.1) is 49.8 Å². The first-order valence-corrected chi connectivity index (χ1v) is 22.9. The summed E-state index contributed by atoms with van der Waals surface area (Å²) >= 11 is 0. The fourth-order valence-electron chi connectivity index (χ4n) is 11.4. The zero-order valence-corrected chi connectivity index (χ0v) is 36.1. The molecule has 16 aromatic rings. The van der Waals surface area contributed by atoms with Crippen LogP contribution >= 0.6 is 0 Å². The van der Waals surface area contributed by atoms with Gasteiger partial charge in [-0.05, 0) is 53.9 Å². The Morgan fingerprint density at radius 3 is 1.79 bits per heavy atom. The van der Waals surface area contributed by atoms with Gasteiger partial charge in [0.15, 0.2) is 17.5 Å². The van der Waals surface area contributed by atoms with Crippen molar-refractivity contribution in [3.8, 4) is 39.9 Å². The lowest BCUT2D eigenvalue weighted by atomic mass is 10.0. The molecule has 0 saturated heterocycles. The van der Waals surface area contributed by atoms with Crippen LogP contribution in [0.5, 0.6) is 0 Å². The highest BCUT2D eigenvalue weighted by Gasteiger charge is 2.26. The second-order valence-electron chi connectivity index (χ2n) is 17.8. The SMILES string of the molecule is c1ccc(-c2nc(-c3cccc4c3oc3ccccc34)nc(-c3ccc(-n4c5cc6c(cc5c5ccc7ccccc7c54)c4cccc5c7ccccc7n6c54)c4c3oc3ccccc34)n2)cc1. The minimum Gasteiger partial charge on any atom is -0.455 e. The first kappa shape index (κ1) is 36.0. The second kappa shape index (κ2) is 13.2. The molecule has 16 rings (SSSR count). The number of para-hydroxylation sites is 5. The van der Waals surface area contributed by atoms with Crippen molar-refractivity contribution in [2.45, 2.75) is 0 Å². The number of hydrogen-bond donors (Lipinski definition) is 0. The second-order valence-corrected chi connectivity index (χ2v) is 17.8. The van der Waals surface area contributed by atoms with Crippen molar-refractivity contribution in [1.82, 2.24) is 23.9 Å². The summed E-state index contributed by atoms with van der Waals surface area (Å²) in [6.07, 6.45) is 0. The van der Waals surface area contributed by atoms with Gasteiger partial charge in [0, 0.05) is 59.4 Å². The van der Waals surface area contributed by atoms with Crippen LogP contribution in [0, 0.1) is 0 Å². The maximum absolute atomic E-state index is 7.05. The van der Waals surface area contributed by atoms with Gasteiger partial charge in [0.1, 0.15) is 22.3 Å². The number of fused-ring (bicyclic) bond motifs is 17. The number of aromatic nitrogens is 5. The molecule has 0 unspecified atom stereocenters. The fourth-order valence-corrected chi connectivity index (χ4v) is 11.4. The molecule has 0 fully saturated rings. The summed E-state index contributed by atoms with van der Waals surface area (Å²) in [5, 5.41) is 13.8. The van der Waals surface area contributed by atoms with E-state index in [2.05, 4.69) is 136 Å². The predicted molar refractivity (Wildman–Crippen MR) is 277 cm³/mol. The standard InChI is InChI=1S/C61H33N5O2/c1-2-15-35(16-3-1)59-62-60(44-24-13-23-42-38-19-7-10-26-52(38)67-57(42)44)64-61(63-59)45-30-31-49(54-43-20-8-11-27-53(43)68-58(45)54)66-51-33-50-46(32-47(51)41-29-28-34-14-4-5-17-36(34)55(41)66)40-22-12-21-39-37-18-6-9-25-48(37)65(50)56(39)40/h1-33H. The van der Waals surface area contributed by atoms with Gasteiger partial charge in [-0.15, -0.1) is 0 Å². The molecule has 7 heteroatoms. The van der Waals surface area contributed by atoms with Gasteiger partial charge in [-0.3, -0.25) is 0 Å². The summed E-state index contributed by atoms with van der Waals surface area (Å²) in [6, 6.07) is 70.7. The first-order valence-electron chi connectivity index (χ1n) is 22.9. The van der Waals surface area contributed by atoms with Crippen molar-refractivity contribution in [2.24, 2.45) is 0 Å². The van der Waals surface area contributed by atoms with Gasteiger partial charge < -0.3 is 17.8 Å². The highest BCUT2D eigenvalue weighted by molar-refractivity contribution is 6.28. The molecular formula is C61H33N5O2.